The topological polar surface area (TPSA) is 393 Å². The van der Waals surface area contributed by atoms with E-state index in [1.807, 2.05) is 69.3 Å². The molecule has 1 aliphatic carbocycles. The second-order valence-electron chi connectivity index (χ2n) is 23.0. The maximum atomic E-state index is 13.8. The summed E-state index contributed by atoms with van der Waals surface area (Å²) in [6.07, 6.45) is 8.50. The van der Waals surface area contributed by atoms with E-state index in [2.05, 4.69) is 55.8 Å². The van der Waals surface area contributed by atoms with E-state index < -0.39 is 83.5 Å². The van der Waals surface area contributed by atoms with Crippen LogP contribution in [0.5, 0.6) is 0 Å². The molecule has 4 aromatic heterocycles. The summed E-state index contributed by atoms with van der Waals surface area (Å²) in [6, 6.07) is 17.1. The Kier molecular flexibility index (Phi) is 21.2. The maximum Gasteiger partial charge on any atom is 0.330 e. The van der Waals surface area contributed by atoms with Crippen LogP contribution >= 0.6 is 0 Å². The lowest BCUT2D eigenvalue weighted by atomic mass is 9.72. The molecule has 0 spiro atoms. The smallest absolute Gasteiger partial charge is 0.330 e. The normalized spacial score (nSPS) is 23.1. The summed E-state index contributed by atoms with van der Waals surface area (Å²) in [5.74, 6) is -1.20. The van der Waals surface area contributed by atoms with Gasteiger partial charge in [-0.05, 0) is 94.9 Å². The van der Waals surface area contributed by atoms with Gasteiger partial charge in [-0.25, -0.2) is 19.7 Å². The number of aryl methyl sites for hydroxylation is 1. The van der Waals surface area contributed by atoms with Crippen LogP contribution in [-0.2, 0) is 30.3 Å². The van der Waals surface area contributed by atoms with Gasteiger partial charge in [0.1, 0.15) is 24.2 Å². The minimum Gasteiger partial charge on any atom is -0.394 e. The average Bonchev–Trinajstić information content (AvgIpc) is 4.02. The van der Waals surface area contributed by atoms with Crippen LogP contribution < -0.4 is 38.5 Å². The number of aliphatic hydroxyl groups is 3. The number of benzene rings is 2. The van der Waals surface area contributed by atoms with Crippen molar-refractivity contribution < 1.29 is 44.0 Å². The highest BCUT2D eigenvalue weighted by Gasteiger charge is 2.42. The largest absolute Gasteiger partial charge is 0.394 e. The van der Waals surface area contributed by atoms with Crippen LogP contribution in [-0.4, -0.2) is 152 Å². The molecule has 0 radical (unpaired) electrons. The third-order valence-electron chi connectivity index (χ3n) is 15.7. The first-order chi connectivity index (χ1) is 40.7. The fraction of sp³-hybridized carbons (Fsp3) is 0.517. The molecular formula is C58H75N15O12. The monoisotopic (exact) mass is 1170 g/mol. The fourth-order valence-corrected chi connectivity index (χ4v) is 11.4. The number of aromatic nitrogens is 7. The molecule has 4 fully saturated rings. The molecule has 2 aromatic carbocycles. The number of pyridine rings is 1. The Labute approximate surface area is 488 Å². The number of hydrogen-bond donors (Lipinski definition) is 9. The van der Waals surface area contributed by atoms with Crippen LogP contribution in [0.1, 0.15) is 113 Å². The Hall–Kier alpha value is -8.17. The summed E-state index contributed by atoms with van der Waals surface area (Å²) < 4.78 is 14.1. The standard InChI is InChI=1S/C38H50N6O5.C10H13N5O4.C10H12N4O3/c1-38(2,3)43-37(49)32-20-26-14-7-8-15-27(26)22-44(32)23-33(45)30(19-24-11-5-4-6-12-24)41-36(48)31(21-34(39)46)42-35(47)29-18-17-25-13-9-10-16-28(25)40-29;1-5-3-15(10(18)12-9(5)17)8-2-6(13-14-11)7(4-16)19-8;15-3-6-1-2-7(17-6)14-5-13-8-9(14)11-4-12-10(8)16/h4-6,9-13,16-18,26-27,30-33,45H,7-8,14-15,19-23H2,1-3H3,(H2,39,46)(H,41,48)(H,42,47)(H,43,49);3,6-8,16H,2,4H2,1H3,(H,12,17,18);4-7,15H,1-3H2,(H,11,12,16)/t26-,27+,30-,31?,32-,33+;6-,7+,8+;6-,7+/m000/s1. The number of H-pyrrole nitrogens is 2. The molecule has 0 bridgehead atoms. The van der Waals surface area contributed by atoms with Gasteiger partial charge >= 0.3 is 5.69 Å². The number of piperidine rings is 1. The number of β-amino-alcohol motifs (C(OH)–C–C–N with tert-alkyl or cyclic N) is 1. The molecule has 6 aromatic rings. The Morgan fingerprint density at radius 3 is 2.33 bits per heavy atom. The Morgan fingerprint density at radius 1 is 0.882 bits per heavy atom. The van der Waals surface area contributed by atoms with Crippen molar-refractivity contribution in [2.45, 2.75) is 152 Å². The number of rotatable bonds is 17. The molecule has 7 heterocycles. The number of ether oxygens (including phenoxy) is 2. The molecule has 454 valence electrons. The number of aromatic amines is 2. The number of likely N-dealkylation sites (tertiary alicyclic amines) is 1. The van der Waals surface area contributed by atoms with E-state index in [9.17, 15) is 38.7 Å². The number of amides is 4. The summed E-state index contributed by atoms with van der Waals surface area (Å²) in [5, 5.41) is 43.1. The summed E-state index contributed by atoms with van der Waals surface area (Å²) >= 11 is 0. The average molecular weight is 1170 g/mol. The van der Waals surface area contributed by atoms with E-state index in [1.165, 1.54) is 23.5 Å². The molecule has 27 nitrogen and oxygen atoms in total. The number of azide groups is 1. The van der Waals surface area contributed by atoms with Gasteiger partial charge in [0.2, 0.25) is 17.7 Å². The zero-order valence-electron chi connectivity index (χ0n) is 48.0. The molecule has 11 atom stereocenters. The van der Waals surface area contributed by atoms with E-state index in [0.29, 0.717) is 40.6 Å². The number of fused-ring (bicyclic) bond motifs is 3. The summed E-state index contributed by atoms with van der Waals surface area (Å²) in [4.78, 5) is 109. The van der Waals surface area contributed by atoms with Crippen molar-refractivity contribution in [1.82, 2.24) is 54.9 Å². The van der Waals surface area contributed by atoms with Crippen molar-refractivity contribution in [2.24, 2.45) is 22.7 Å². The molecule has 10 N–H and O–H groups in total. The van der Waals surface area contributed by atoms with Gasteiger partial charge < -0.3 is 51.5 Å². The van der Waals surface area contributed by atoms with E-state index in [0.717, 1.165) is 49.5 Å². The van der Waals surface area contributed by atoms with Crippen molar-refractivity contribution in [3.05, 3.63) is 144 Å². The van der Waals surface area contributed by atoms with Crippen LogP contribution in [0.15, 0.2) is 105 Å². The number of para-hydroxylation sites is 1. The van der Waals surface area contributed by atoms with Gasteiger partial charge in [0.05, 0.1) is 74.2 Å². The zero-order valence-corrected chi connectivity index (χ0v) is 48.0. The summed E-state index contributed by atoms with van der Waals surface area (Å²) in [7, 11) is 0. The second kappa shape index (κ2) is 28.6. The second-order valence-corrected chi connectivity index (χ2v) is 23.0. The molecule has 3 saturated heterocycles. The van der Waals surface area contributed by atoms with Crippen LogP contribution in [0.3, 0.4) is 0 Å². The van der Waals surface area contributed by atoms with Crippen molar-refractivity contribution >= 4 is 45.7 Å². The van der Waals surface area contributed by atoms with E-state index in [1.54, 1.807) is 36.0 Å². The minimum absolute atomic E-state index is 0.0111. The summed E-state index contributed by atoms with van der Waals surface area (Å²) in [6.45, 7) is 8.00. The predicted molar refractivity (Wildman–Crippen MR) is 311 cm³/mol. The summed E-state index contributed by atoms with van der Waals surface area (Å²) in [5.41, 5.74) is 15.0. The van der Waals surface area contributed by atoms with Crippen molar-refractivity contribution in [3.63, 3.8) is 0 Å². The maximum absolute atomic E-state index is 13.8. The lowest BCUT2D eigenvalue weighted by molar-refractivity contribution is -0.133. The molecule has 1 unspecified atom stereocenters. The van der Waals surface area contributed by atoms with Gasteiger partial charge in [-0.3, -0.25) is 47.8 Å². The first-order valence-electron chi connectivity index (χ1n) is 28.5. The number of nitrogens with two attached hydrogens (primary N) is 1. The highest BCUT2D eigenvalue weighted by atomic mass is 16.5. The number of imidazole rings is 1. The third kappa shape index (κ3) is 16.4. The van der Waals surface area contributed by atoms with Crippen molar-refractivity contribution in [2.75, 3.05) is 26.3 Å². The molecule has 4 amide bonds. The minimum atomic E-state index is -1.30. The number of hydrogen-bond acceptors (Lipinski definition) is 17. The molecular weight excluding hydrogens is 1100 g/mol. The molecule has 10 rings (SSSR count). The van der Waals surface area contributed by atoms with Crippen molar-refractivity contribution in [1.29, 1.82) is 0 Å². The van der Waals surface area contributed by atoms with Crippen LogP contribution in [0.2, 0.25) is 0 Å². The van der Waals surface area contributed by atoms with Crippen LogP contribution in [0, 0.1) is 18.8 Å². The molecule has 27 heteroatoms. The van der Waals surface area contributed by atoms with E-state index in [-0.39, 0.29) is 62.1 Å². The van der Waals surface area contributed by atoms with Crippen LogP contribution in [0.4, 0.5) is 0 Å². The highest BCUT2D eigenvalue weighted by molar-refractivity contribution is 5.99. The number of nitrogens with zero attached hydrogens (tertiary/aromatic N) is 9. The third-order valence-corrected chi connectivity index (χ3v) is 15.7. The number of carbonyl (C=O) groups excluding carboxylic acids is 4. The van der Waals surface area contributed by atoms with Crippen molar-refractivity contribution in [3.8, 4) is 0 Å². The number of carbonyl (C=O) groups is 4. The number of primary amides is 1. The number of aliphatic hydroxyl groups excluding tert-OH is 3. The quantitative estimate of drug-likeness (QED) is 0.0360. The highest BCUT2D eigenvalue weighted by Crippen LogP contribution is 2.39. The Morgan fingerprint density at radius 2 is 1.62 bits per heavy atom. The SMILES string of the molecule is CC(C)(C)NC(=O)[C@@H]1C[C@@H]2CCCC[C@@H]2CN1C[C@@H](O)[C@H](Cc1ccccc1)NC(=O)C(CC(N)=O)NC(=O)c1ccc2ccccc2n1.Cc1cn([C@H]2C[C@H](N=[N+]=[N-])[C@@H](CO)O2)c(=O)[nH]c1=O.O=c1[nH]cnc2c1ncn2[C@H]1CC[C@@H](CO)O1. The molecule has 3 aliphatic heterocycles. The van der Waals surface area contributed by atoms with E-state index >= 15 is 0 Å². The molecule has 1 saturated carbocycles. The lowest BCUT2D eigenvalue weighted by Crippen LogP contribution is -2.61. The van der Waals surface area contributed by atoms with E-state index in [4.69, 9.17) is 31.0 Å². The zero-order chi connectivity index (χ0) is 61.0. The lowest BCUT2D eigenvalue weighted by Gasteiger charge is -2.47. The van der Waals surface area contributed by atoms with Crippen LogP contribution in [0.25, 0.3) is 32.5 Å². The first-order valence-corrected chi connectivity index (χ1v) is 28.5. The molecule has 4 aliphatic rings. The Balaban J connectivity index is 0.000000210. The predicted octanol–water partition coefficient (Wildman–Crippen LogP) is 2.69. The molecule has 85 heavy (non-hydrogen) atoms. The van der Waals surface area contributed by atoms with Gasteiger partial charge in [-0.1, -0.05) is 79.0 Å². The first kappa shape index (κ1) is 62.9. The Bertz CT molecular complexity index is 3520. The van der Waals surface area contributed by atoms with Gasteiger partial charge in [-0.2, -0.15) is 0 Å². The van der Waals surface area contributed by atoms with Gasteiger partial charge in [-0.15, -0.1) is 0 Å². The van der Waals surface area contributed by atoms with Gasteiger partial charge in [0, 0.05) is 47.1 Å². The van der Waals surface area contributed by atoms with Gasteiger partial charge in [0.15, 0.2) is 11.2 Å². The fourth-order valence-electron chi connectivity index (χ4n) is 11.4. The number of nitrogens with one attached hydrogen (secondary N) is 5. The van der Waals surface area contributed by atoms with Gasteiger partial charge in [0.25, 0.3) is 17.0 Å².